The molecule has 4 rings (SSSR count). The average Bonchev–Trinajstić information content (AvgIpc) is 2.97. The van der Waals surface area contributed by atoms with Gasteiger partial charge in [0.05, 0.1) is 25.8 Å². The summed E-state index contributed by atoms with van der Waals surface area (Å²) in [6.45, 7) is 1.46. The van der Waals surface area contributed by atoms with Crippen LogP contribution in [0.4, 0.5) is 4.79 Å². The molecule has 0 aliphatic carbocycles. The number of benzene rings is 3. The lowest BCUT2D eigenvalue weighted by molar-refractivity contribution is -0.847. The number of methoxy groups -OCH3 is 1. The molecule has 0 radical (unpaired) electrons. The Balaban J connectivity index is 1.44. The molecule has 0 spiro atoms. The lowest BCUT2D eigenvalue weighted by atomic mass is 10.00. The molecule has 1 heterocycles. The number of alkyl carbamates (subject to hydrolysis) is 1. The number of amides is 2. The Morgan fingerprint density at radius 3 is 1.97 bits per heavy atom. The highest BCUT2D eigenvalue weighted by Gasteiger charge is 2.41. The second-order valence-corrected chi connectivity index (χ2v) is 9.41. The van der Waals surface area contributed by atoms with Crippen LogP contribution in [0.3, 0.4) is 0 Å². The van der Waals surface area contributed by atoms with E-state index in [4.69, 9.17) is 10.1 Å². The van der Waals surface area contributed by atoms with E-state index in [9.17, 15) is 14.4 Å². The van der Waals surface area contributed by atoms with Crippen molar-refractivity contribution in [2.24, 2.45) is 0 Å². The maximum absolute atomic E-state index is 13.7. The van der Waals surface area contributed by atoms with E-state index in [1.165, 1.54) is 7.11 Å². The number of hydrogen-bond donors (Lipinski definition) is 2. The van der Waals surface area contributed by atoms with Crippen molar-refractivity contribution in [2.45, 2.75) is 25.9 Å². The van der Waals surface area contributed by atoms with Gasteiger partial charge in [-0.25, -0.2) is 18.9 Å². The topological polar surface area (TPSA) is 106 Å². The Morgan fingerprint density at radius 1 is 0.816 bits per heavy atom. The zero-order valence-corrected chi connectivity index (χ0v) is 21.4. The van der Waals surface area contributed by atoms with E-state index in [1.807, 2.05) is 54.6 Å². The van der Waals surface area contributed by atoms with E-state index in [0.29, 0.717) is 24.2 Å². The summed E-state index contributed by atoms with van der Waals surface area (Å²) >= 11 is 0. The summed E-state index contributed by atoms with van der Waals surface area (Å²) in [5.74, 6) is -0.485. The number of likely N-dealkylation sites (tertiary alicyclic amines) is 1. The Bertz CT molecular complexity index is 1280. The molecule has 1 fully saturated rings. The van der Waals surface area contributed by atoms with Crippen molar-refractivity contribution in [1.29, 1.82) is 5.41 Å². The predicted molar refractivity (Wildman–Crippen MR) is 144 cm³/mol. The summed E-state index contributed by atoms with van der Waals surface area (Å²) < 4.78 is 10.1. The number of nitrogens with zero attached hydrogens (tertiary/aromatic N) is 1. The first-order chi connectivity index (χ1) is 18.4. The number of carbonyl (C=O) groups is 3. The highest BCUT2D eigenvalue weighted by Crippen LogP contribution is 2.26. The van der Waals surface area contributed by atoms with E-state index in [1.54, 1.807) is 24.3 Å². The van der Waals surface area contributed by atoms with Gasteiger partial charge in [-0.3, -0.25) is 10.7 Å². The number of hydrogen-bond acceptors (Lipinski definition) is 6. The fourth-order valence-electron chi connectivity index (χ4n) is 4.72. The largest absolute Gasteiger partial charge is 0.457 e. The van der Waals surface area contributed by atoms with E-state index in [-0.39, 0.29) is 35.3 Å². The first kappa shape index (κ1) is 26.8. The number of piperidine rings is 1. The van der Waals surface area contributed by atoms with Crippen molar-refractivity contribution >= 4 is 23.8 Å². The minimum Gasteiger partial charge on any atom is -0.457 e. The van der Waals surface area contributed by atoms with Crippen LogP contribution in [0.15, 0.2) is 78.9 Å². The van der Waals surface area contributed by atoms with Crippen molar-refractivity contribution in [3.05, 3.63) is 95.6 Å². The molecule has 0 atom stereocenters. The molecule has 3 aromatic rings. The monoisotopic (exact) mass is 514 g/mol. The van der Waals surface area contributed by atoms with Crippen LogP contribution in [0.25, 0.3) is 11.1 Å². The van der Waals surface area contributed by atoms with Crippen LogP contribution in [-0.4, -0.2) is 55.0 Å². The normalized spacial score (nSPS) is 14.2. The SMILES string of the molecule is COC(=O)NC(=N)c1ccc(-c2ccc(C(=O)[N+]3(CC(=O)OCc4ccccc4)CCCCC3)cc2)cc1. The van der Waals surface area contributed by atoms with Gasteiger partial charge in [-0.1, -0.05) is 66.7 Å². The van der Waals surface area contributed by atoms with Crippen molar-refractivity contribution in [3.8, 4) is 11.1 Å². The third kappa shape index (κ3) is 6.52. The number of nitrogens with one attached hydrogen (secondary N) is 2. The number of rotatable bonds is 7. The summed E-state index contributed by atoms with van der Waals surface area (Å²) in [4.78, 5) is 37.8. The molecule has 196 valence electrons. The quantitative estimate of drug-likeness (QED) is 0.202. The third-order valence-corrected chi connectivity index (χ3v) is 6.83. The molecule has 0 bridgehead atoms. The van der Waals surface area contributed by atoms with Gasteiger partial charge >= 0.3 is 18.0 Å². The number of quaternary nitrogens is 1. The fourth-order valence-corrected chi connectivity index (χ4v) is 4.72. The summed E-state index contributed by atoms with van der Waals surface area (Å²) in [5.41, 5.74) is 3.84. The summed E-state index contributed by atoms with van der Waals surface area (Å²) in [5, 5.41) is 10.3. The van der Waals surface area contributed by atoms with Gasteiger partial charge in [0.2, 0.25) is 0 Å². The molecule has 0 unspecified atom stereocenters. The number of esters is 1. The Kier molecular flexibility index (Phi) is 8.66. The van der Waals surface area contributed by atoms with E-state index < -0.39 is 6.09 Å². The van der Waals surface area contributed by atoms with Crippen molar-refractivity contribution in [2.75, 3.05) is 26.7 Å². The number of ether oxygens (including phenoxy) is 2. The molecular weight excluding hydrogens is 482 g/mol. The molecule has 2 amide bonds. The Labute approximate surface area is 222 Å². The maximum Gasteiger partial charge on any atom is 0.412 e. The summed E-state index contributed by atoms with van der Waals surface area (Å²) in [6, 6.07) is 24.1. The van der Waals surface area contributed by atoms with Gasteiger partial charge in [-0.15, -0.1) is 0 Å². The highest BCUT2D eigenvalue weighted by molar-refractivity contribution is 6.04. The zero-order valence-electron chi connectivity index (χ0n) is 21.4. The van der Waals surface area contributed by atoms with E-state index in [0.717, 1.165) is 36.0 Å². The van der Waals surface area contributed by atoms with Gasteiger partial charge in [0.1, 0.15) is 12.4 Å². The maximum atomic E-state index is 13.7. The van der Waals surface area contributed by atoms with Gasteiger partial charge < -0.3 is 9.47 Å². The van der Waals surface area contributed by atoms with Crippen LogP contribution < -0.4 is 5.32 Å². The minimum atomic E-state index is -0.696. The molecule has 8 heteroatoms. The van der Waals surface area contributed by atoms with E-state index in [2.05, 4.69) is 10.1 Å². The van der Waals surface area contributed by atoms with Gasteiger partial charge in [0, 0.05) is 5.56 Å². The highest BCUT2D eigenvalue weighted by atomic mass is 16.5. The van der Waals surface area contributed by atoms with Crippen LogP contribution in [-0.2, 0) is 20.9 Å². The molecule has 8 nitrogen and oxygen atoms in total. The number of amidine groups is 1. The smallest absolute Gasteiger partial charge is 0.412 e. The number of carbonyl (C=O) groups excluding carboxylic acids is 3. The third-order valence-electron chi connectivity index (χ3n) is 6.83. The lowest BCUT2D eigenvalue weighted by Crippen LogP contribution is -2.58. The van der Waals surface area contributed by atoms with Crippen LogP contribution >= 0.6 is 0 Å². The molecule has 3 aromatic carbocycles. The molecule has 0 saturated carbocycles. The zero-order chi connectivity index (χ0) is 27.0. The predicted octanol–water partition coefficient (Wildman–Crippen LogP) is 4.92. The molecule has 38 heavy (non-hydrogen) atoms. The first-order valence-electron chi connectivity index (χ1n) is 12.7. The molecule has 1 aliphatic heterocycles. The molecule has 1 saturated heterocycles. The van der Waals surface area contributed by atoms with Gasteiger partial charge in [-0.05, 0) is 48.1 Å². The fraction of sp³-hybridized carbons (Fsp3) is 0.267. The summed E-state index contributed by atoms with van der Waals surface area (Å²) in [6.07, 6.45) is 2.13. The second-order valence-electron chi connectivity index (χ2n) is 9.41. The lowest BCUT2D eigenvalue weighted by Gasteiger charge is -2.37. The van der Waals surface area contributed by atoms with Crippen molar-refractivity contribution in [1.82, 2.24) is 5.32 Å². The van der Waals surface area contributed by atoms with Crippen LogP contribution in [0.1, 0.15) is 40.7 Å². The van der Waals surface area contributed by atoms with Crippen LogP contribution in [0.5, 0.6) is 0 Å². The second kappa shape index (κ2) is 12.3. The minimum absolute atomic E-state index is 0.0282. The van der Waals surface area contributed by atoms with Crippen molar-refractivity contribution in [3.63, 3.8) is 0 Å². The molecule has 0 aromatic heterocycles. The average molecular weight is 515 g/mol. The van der Waals surface area contributed by atoms with Crippen LogP contribution in [0.2, 0.25) is 0 Å². The molecule has 2 N–H and O–H groups in total. The first-order valence-corrected chi connectivity index (χ1v) is 12.7. The van der Waals surface area contributed by atoms with Gasteiger partial charge in [0.15, 0.2) is 6.54 Å². The van der Waals surface area contributed by atoms with Crippen LogP contribution in [0, 0.1) is 5.41 Å². The van der Waals surface area contributed by atoms with Gasteiger partial charge in [-0.2, -0.15) is 0 Å². The van der Waals surface area contributed by atoms with Gasteiger partial charge in [0.25, 0.3) is 0 Å². The molecule has 1 aliphatic rings. The standard InChI is InChI=1S/C30H31N3O5/c1-37-30(36)32-28(31)25-14-10-23(11-15-25)24-12-16-26(17-13-24)29(35)33(18-6-3-7-19-33)20-27(34)38-21-22-8-4-2-5-9-22/h2,4-5,8-17H,3,6-7,18-21H2,1H3,(H-,31,32,36)/p+1. The summed E-state index contributed by atoms with van der Waals surface area (Å²) in [7, 11) is 1.24. The molecular formula is C30H32N3O5+. The van der Waals surface area contributed by atoms with Crippen molar-refractivity contribution < 1.29 is 28.3 Å². The Hall–Kier alpha value is -4.30. The Morgan fingerprint density at radius 2 is 1.39 bits per heavy atom. The van der Waals surface area contributed by atoms with E-state index >= 15 is 0 Å².